The minimum absolute atomic E-state index is 0.246. The van der Waals surface area contributed by atoms with Crippen LogP contribution in [0, 0.1) is 5.92 Å². The summed E-state index contributed by atoms with van der Waals surface area (Å²) in [6.45, 7) is 1.61. The highest BCUT2D eigenvalue weighted by atomic mass is 32.2. The molecule has 21 heavy (non-hydrogen) atoms. The summed E-state index contributed by atoms with van der Waals surface area (Å²) in [4.78, 5) is 0. The second-order valence-corrected chi connectivity index (χ2v) is 6.28. The number of para-hydroxylation sites is 1. The lowest BCUT2D eigenvalue weighted by Gasteiger charge is -2.10. The zero-order valence-corrected chi connectivity index (χ0v) is 12.8. The monoisotopic (exact) mass is 305 g/mol. The van der Waals surface area contributed by atoms with Crippen LogP contribution in [-0.2, 0) is 11.3 Å². The highest BCUT2D eigenvalue weighted by Gasteiger charge is 2.26. The maximum Gasteiger partial charge on any atom is 0.191 e. The van der Waals surface area contributed by atoms with Crippen molar-refractivity contribution < 1.29 is 9.84 Å². The number of benzene rings is 1. The van der Waals surface area contributed by atoms with Crippen molar-refractivity contribution in [3.63, 3.8) is 0 Å². The summed E-state index contributed by atoms with van der Waals surface area (Å²) in [6.07, 6.45) is 2.53. The average molecular weight is 305 g/mol. The Morgan fingerprint density at radius 3 is 2.86 bits per heavy atom. The minimum Gasteiger partial charge on any atom is -0.507 e. The van der Waals surface area contributed by atoms with Crippen molar-refractivity contribution in [2.45, 2.75) is 24.5 Å². The van der Waals surface area contributed by atoms with Crippen LogP contribution in [0.3, 0.4) is 0 Å². The molecular formula is C15H19N3O2S. The lowest BCUT2D eigenvalue weighted by molar-refractivity contribution is 0.218. The summed E-state index contributed by atoms with van der Waals surface area (Å²) in [6, 6.07) is 7.28. The molecule has 1 aromatic carbocycles. The van der Waals surface area contributed by atoms with E-state index in [0.717, 1.165) is 28.8 Å². The number of aromatic hydroxyl groups is 1. The van der Waals surface area contributed by atoms with E-state index >= 15 is 0 Å². The van der Waals surface area contributed by atoms with Crippen LogP contribution in [0.2, 0.25) is 0 Å². The summed E-state index contributed by atoms with van der Waals surface area (Å²) in [5.41, 5.74) is 0.740. The van der Waals surface area contributed by atoms with Crippen LogP contribution >= 0.6 is 11.8 Å². The predicted octanol–water partition coefficient (Wildman–Crippen LogP) is 2.80. The van der Waals surface area contributed by atoms with Gasteiger partial charge in [-0.1, -0.05) is 23.9 Å². The number of phenols is 1. The Bertz CT molecular complexity index is 611. The van der Waals surface area contributed by atoms with Crippen molar-refractivity contribution >= 4 is 11.8 Å². The van der Waals surface area contributed by atoms with Crippen LogP contribution in [0.25, 0.3) is 11.4 Å². The van der Waals surface area contributed by atoms with E-state index < -0.39 is 0 Å². The number of methoxy groups -OCH3 is 1. The summed E-state index contributed by atoms with van der Waals surface area (Å²) < 4.78 is 7.22. The van der Waals surface area contributed by atoms with E-state index in [1.54, 1.807) is 24.9 Å². The van der Waals surface area contributed by atoms with Crippen LogP contribution in [0.15, 0.2) is 29.4 Å². The van der Waals surface area contributed by atoms with Gasteiger partial charge < -0.3 is 14.4 Å². The van der Waals surface area contributed by atoms with Crippen molar-refractivity contribution in [2.24, 2.45) is 5.92 Å². The average Bonchev–Trinajstić information content (AvgIpc) is 3.22. The zero-order chi connectivity index (χ0) is 14.7. The van der Waals surface area contributed by atoms with Crippen molar-refractivity contribution in [3.05, 3.63) is 24.3 Å². The summed E-state index contributed by atoms with van der Waals surface area (Å²) in [7, 11) is 1.70. The standard InChI is InChI=1S/C15H19N3O2S/c1-20-8-9-21-15-17-16-14(18(15)10-11-6-7-11)12-4-2-3-5-13(12)19/h2-5,11,19H,6-10H2,1H3. The summed E-state index contributed by atoms with van der Waals surface area (Å²) in [5.74, 6) is 2.56. The molecule has 1 N–H and O–H groups in total. The van der Waals surface area contributed by atoms with E-state index in [-0.39, 0.29) is 5.75 Å². The molecular weight excluding hydrogens is 286 g/mol. The molecule has 1 aromatic heterocycles. The highest BCUT2D eigenvalue weighted by Crippen LogP contribution is 2.36. The predicted molar refractivity (Wildman–Crippen MR) is 82.4 cm³/mol. The van der Waals surface area contributed by atoms with Gasteiger partial charge in [0.15, 0.2) is 11.0 Å². The van der Waals surface area contributed by atoms with Gasteiger partial charge in [-0.15, -0.1) is 10.2 Å². The van der Waals surface area contributed by atoms with Gasteiger partial charge in [-0.3, -0.25) is 0 Å². The molecule has 1 aliphatic carbocycles. The Balaban J connectivity index is 1.90. The van der Waals surface area contributed by atoms with E-state index in [1.807, 2.05) is 18.2 Å². The summed E-state index contributed by atoms with van der Waals surface area (Å²) in [5, 5.41) is 19.5. The first kappa shape index (κ1) is 14.4. The van der Waals surface area contributed by atoms with Crippen LogP contribution in [0.1, 0.15) is 12.8 Å². The normalized spacial score (nSPS) is 14.5. The van der Waals surface area contributed by atoms with Crippen molar-refractivity contribution in [1.29, 1.82) is 0 Å². The SMILES string of the molecule is COCCSc1nnc(-c2ccccc2O)n1CC1CC1. The Kier molecular flexibility index (Phi) is 4.45. The van der Waals surface area contributed by atoms with Gasteiger partial charge in [-0.05, 0) is 30.9 Å². The Morgan fingerprint density at radius 1 is 1.33 bits per heavy atom. The first-order valence-corrected chi connectivity index (χ1v) is 8.11. The first-order valence-electron chi connectivity index (χ1n) is 7.13. The van der Waals surface area contributed by atoms with E-state index in [0.29, 0.717) is 12.5 Å². The van der Waals surface area contributed by atoms with Crippen LogP contribution in [0.5, 0.6) is 5.75 Å². The van der Waals surface area contributed by atoms with Crippen molar-refractivity contribution in [3.8, 4) is 17.1 Å². The van der Waals surface area contributed by atoms with Crippen LogP contribution < -0.4 is 0 Å². The Hall–Kier alpha value is -1.53. The number of hydrogen-bond acceptors (Lipinski definition) is 5. The molecule has 0 unspecified atom stereocenters. The minimum atomic E-state index is 0.246. The van der Waals surface area contributed by atoms with E-state index in [1.165, 1.54) is 12.8 Å². The van der Waals surface area contributed by atoms with Gasteiger partial charge in [-0.25, -0.2) is 0 Å². The van der Waals surface area contributed by atoms with E-state index in [2.05, 4.69) is 14.8 Å². The quantitative estimate of drug-likeness (QED) is 0.629. The third-order valence-electron chi connectivity index (χ3n) is 3.52. The van der Waals surface area contributed by atoms with Crippen LogP contribution in [0.4, 0.5) is 0 Å². The van der Waals surface area contributed by atoms with E-state index in [9.17, 15) is 5.11 Å². The van der Waals surface area contributed by atoms with Gasteiger partial charge in [0, 0.05) is 19.4 Å². The third-order valence-corrected chi connectivity index (χ3v) is 4.45. The number of rotatable bonds is 7. The zero-order valence-electron chi connectivity index (χ0n) is 12.0. The van der Waals surface area contributed by atoms with Crippen molar-refractivity contribution in [2.75, 3.05) is 19.5 Å². The van der Waals surface area contributed by atoms with Gasteiger partial charge in [0.1, 0.15) is 5.75 Å². The number of aromatic nitrogens is 3. The number of phenolic OH excluding ortho intramolecular Hbond substituents is 1. The molecule has 6 heteroatoms. The van der Waals surface area contributed by atoms with Gasteiger partial charge in [-0.2, -0.15) is 0 Å². The number of nitrogens with zero attached hydrogens (tertiary/aromatic N) is 3. The molecule has 5 nitrogen and oxygen atoms in total. The highest BCUT2D eigenvalue weighted by molar-refractivity contribution is 7.99. The largest absolute Gasteiger partial charge is 0.507 e. The maximum absolute atomic E-state index is 10.1. The second-order valence-electron chi connectivity index (χ2n) is 5.22. The van der Waals surface area contributed by atoms with Gasteiger partial charge in [0.05, 0.1) is 12.2 Å². The fraction of sp³-hybridized carbons (Fsp3) is 0.467. The summed E-state index contributed by atoms with van der Waals surface area (Å²) >= 11 is 1.65. The van der Waals surface area contributed by atoms with Crippen LogP contribution in [-0.4, -0.2) is 39.3 Å². The third kappa shape index (κ3) is 3.39. The number of hydrogen-bond donors (Lipinski definition) is 1. The number of thioether (sulfide) groups is 1. The lowest BCUT2D eigenvalue weighted by Crippen LogP contribution is -2.05. The van der Waals surface area contributed by atoms with Gasteiger partial charge in [0.2, 0.25) is 0 Å². The molecule has 112 valence electrons. The molecule has 1 heterocycles. The molecule has 0 amide bonds. The molecule has 1 fully saturated rings. The fourth-order valence-corrected chi connectivity index (χ4v) is 3.04. The molecule has 2 aromatic rings. The Labute approximate surface area is 128 Å². The molecule has 0 radical (unpaired) electrons. The topological polar surface area (TPSA) is 60.2 Å². The molecule has 0 atom stereocenters. The van der Waals surface area contributed by atoms with Gasteiger partial charge >= 0.3 is 0 Å². The molecule has 1 saturated carbocycles. The van der Waals surface area contributed by atoms with E-state index in [4.69, 9.17) is 4.74 Å². The number of ether oxygens (including phenoxy) is 1. The smallest absolute Gasteiger partial charge is 0.191 e. The maximum atomic E-state index is 10.1. The molecule has 0 spiro atoms. The second kappa shape index (κ2) is 6.49. The molecule has 3 rings (SSSR count). The first-order chi connectivity index (χ1) is 10.3. The molecule has 0 bridgehead atoms. The molecule has 1 aliphatic rings. The molecule has 0 saturated heterocycles. The van der Waals surface area contributed by atoms with Gasteiger partial charge in [0.25, 0.3) is 0 Å². The molecule has 0 aliphatic heterocycles. The van der Waals surface area contributed by atoms with Crippen molar-refractivity contribution in [1.82, 2.24) is 14.8 Å². The lowest BCUT2D eigenvalue weighted by atomic mass is 10.2. The Morgan fingerprint density at radius 2 is 2.14 bits per heavy atom. The fourth-order valence-electron chi connectivity index (χ4n) is 2.20.